The Bertz CT molecular complexity index is 1200. The van der Waals surface area contributed by atoms with E-state index in [4.69, 9.17) is 10.6 Å². The molecule has 0 saturated carbocycles. The van der Waals surface area contributed by atoms with Gasteiger partial charge in [0, 0.05) is 17.3 Å². The van der Waals surface area contributed by atoms with E-state index in [1.807, 2.05) is 43.3 Å². The molecule has 0 spiro atoms. The monoisotopic (exact) mass is 435 g/mol. The van der Waals surface area contributed by atoms with E-state index in [1.165, 1.54) is 22.0 Å². The van der Waals surface area contributed by atoms with Crippen molar-refractivity contribution >= 4 is 23.4 Å². The quantitative estimate of drug-likeness (QED) is 0.301. The molecule has 4 N–H and O–H groups in total. The number of aromatic amines is 1. The molecule has 0 atom stereocenters. The number of thioether (sulfide) groups is 1. The number of H-pyrrole nitrogens is 1. The number of hydrogen-bond acceptors (Lipinski definition) is 7. The minimum absolute atomic E-state index is 0.129. The molecular weight excluding hydrogens is 414 g/mol. The molecule has 0 aliphatic carbocycles. The molecule has 4 aromatic rings. The molecule has 10 heteroatoms. The summed E-state index contributed by atoms with van der Waals surface area (Å²) in [7, 11) is 1.58. The first kappa shape index (κ1) is 20.5. The third-order valence-electron chi connectivity index (χ3n) is 4.52. The number of ether oxygens (including phenoxy) is 1. The van der Waals surface area contributed by atoms with Crippen molar-refractivity contribution in [2.24, 2.45) is 0 Å². The summed E-state index contributed by atoms with van der Waals surface area (Å²) in [6.07, 6.45) is 0. The van der Waals surface area contributed by atoms with Gasteiger partial charge in [-0.15, -0.1) is 10.2 Å². The van der Waals surface area contributed by atoms with Gasteiger partial charge >= 0.3 is 0 Å². The van der Waals surface area contributed by atoms with Gasteiger partial charge in [0.2, 0.25) is 16.9 Å². The molecule has 0 radical (unpaired) electrons. The lowest BCUT2D eigenvalue weighted by Gasteiger charge is -2.06. The number of amides is 1. The van der Waals surface area contributed by atoms with Crippen LogP contribution in [0.2, 0.25) is 0 Å². The van der Waals surface area contributed by atoms with E-state index in [1.54, 1.807) is 25.3 Å². The summed E-state index contributed by atoms with van der Waals surface area (Å²) < 4.78 is 6.50. The number of anilines is 1. The van der Waals surface area contributed by atoms with Crippen molar-refractivity contribution in [2.45, 2.75) is 12.1 Å². The van der Waals surface area contributed by atoms with Crippen LogP contribution in [0.5, 0.6) is 5.75 Å². The lowest BCUT2D eigenvalue weighted by molar-refractivity contribution is -0.113. The predicted octanol–water partition coefficient (Wildman–Crippen LogP) is 3.10. The van der Waals surface area contributed by atoms with Crippen molar-refractivity contribution < 1.29 is 9.53 Å². The molecule has 2 aromatic heterocycles. The molecule has 158 valence electrons. The average molecular weight is 436 g/mol. The van der Waals surface area contributed by atoms with E-state index >= 15 is 0 Å². The maximum absolute atomic E-state index is 12.3. The van der Waals surface area contributed by atoms with E-state index < -0.39 is 0 Å². The zero-order chi connectivity index (χ0) is 21.8. The highest BCUT2D eigenvalue weighted by Gasteiger charge is 2.16. The Morgan fingerprint density at radius 3 is 2.77 bits per heavy atom. The lowest BCUT2D eigenvalue weighted by atomic mass is 10.1. The van der Waals surface area contributed by atoms with Crippen molar-refractivity contribution in [2.75, 3.05) is 24.0 Å². The lowest BCUT2D eigenvalue weighted by Crippen LogP contribution is -2.16. The van der Waals surface area contributed by atoms with Crippen LogP contribution in [0.1, 0.15) is 5.56 Å². The van der Waals surface area contributed by atoms with Crippen LogP contribution in [0.4, 0.5) is 5.69 Å². The molecule has 31 heavy (non-hydrogen) atoms. The van der Waals surface area contributed by atoms with Crippen LogP contribution in [-0.4, -0.2) is 43.8 Å². The van der Waals surface area contributed by atoms with Crippen LogP contribution in [0, 0.1) is 6.92 Å². The van der Waals surface area contributed by atoms with E-state index in [0.29, 0.717) is 28.1 Å². The summed E-state index contributed by atoms with van der Waals surface area (Å²) in [6, 6.07) is 17.1. The van der Waals surface area contributed by atoms with Gasteiger partial charge < -0.3 is 15.9 Å². The first-order valence-electron chi connectivity index (χ1n) is 9.43. The molecule has 0 bridgehead atoms. The van der Waals surface area contributed by atoms with Crippen molar-refractivity contribution in [3.8, 4) is 28.5 Å². The molecular formula is C21H21N7O2S. The SMILES string of the molecule is COc1cccc(NC(=O)CSc2nnc(-c3cc(-c4ccc(C)cc4)n[nH]3)n2N)c1. The number of methoxy groups -OCH3 is 1. The fraction of sp³-hybridized carbons (Fsp3) is 0.143. The smallest absolute Gasteiger partial charge is 0.234 e. The van der Waals surface area contributed by atoms with Crippen LogP contribution >= 0.6 is 11.8 Å². The molecule has 9 nitrogen and oxygen atoms in total. The molecule has 1 amide bonds. The van der Waals surface area contributed by atoms with Crippen molar-refractivity contribution in [1.29, 1.82) is 0 Å². The number of benzene rings is 2. The summed E-state index contributed by atoms with van der Waals surface area (Å²) in [5.41, 5.74) is 4.24. The van der Waals surface area contributed by atoms with Crippen LogP contribution < -0.4 is 15.9 Å². The maximum Gasteiger partial charge on any atom is 0.234 e. The van der Waals surface area contributed by atoms with Gasteiger partial charge in [-0.1, -0.05) is 47.7 Å². The number of aryl methyl sites for hydroxylation is 1. The van der Waals surface area contributed by atoms with Gasteiger partial charge in [0.1, 0.15) is 11.4 Å². The first-order valence-corrected chi connectivity index (χ1v) is 10.4. The molecule has 0 fully saturated rings. The number of nitrogens with zero attached hydrogens (tertiary/aromatic N) is 4. The summed E-state index contributed by atoms with van der Waals surface area (Å²) in [5, 5.41) is 18.7. The minimum Gasteiger partial charge on any atom is -0.497 e. The van der Waals surface area contributed by atoms with Crippen molar-refractivity contribution in [3.05, 3.63) is 60.2 Å². The van der Waals surface area contributed by atoms with Gasteiger partial charge in [-0.05, 0) is 25.1 Å². The Balaban J connectivity index is 1.41. The standard InChI is InChI=1S/C21H21N7O2S/c1-13-6-8-14(9-7-13)17-11-18(25-24-17)20-26-27-21(28(20)22)31-12-19(29)23-15-4-3-5-16(10-15)30-2/h3-11H,12,22H2,1-2H3,(H,23,29)(H,24,25). The molecule has 2 aromatic carbocycles. The molecule has 0 saturated heterocycles. The number of aromatic nitrogens is 5. The number of hydrogen-bond donors (Lipinski definition) is 3. The summed E-state index contributed by atoms with van der Waals surface area (Å²) in [6.45, 7) is 2.03. The van der Waals surface area contributed by atoms with Gasteiger partial charge in [-0.2, -0.15) is 5.10 Å². The van der Waals surface area contributed by atoms with E-state index in [-0.39, 0.29) is 11.7 Å². The molecule has 0 aliphatic rings. The van der Waals surface area contributed by atoms with Gasteiger partial charge in [0.05, 0.1) is 18.6 Å². The topological polar surface area (TPSA) is 124 Å². The second kappa shape index (κ2) is 8.92. The zero-order valence-electron chi connectivity index (χ0n) is 17.0. The average Bonchev–Trinajstić information content (AvgIpc) is 3.40. The Labute approximate surface area is 183 Å². The highest BCUT2D eigenvalue weighted by atomic mass is 32.2. The third-order valence-corrected chi connectivity index (χ3v) is 5.46. The Hall–Kier alpha value is -3.79. The van der Waals surface area contributed by atoms with Crippen LogP contribution in [-0.2, 0) is 4.79 Å². The number of nitrogens with two attached hydrogens (primary N) is 1. The second-order valence-electron chi connectivity index (χ2n) is 6.78. The summed E-state index contributed by atoms with van der Waals surface area (Å²) >= 11 is 1.19. The van der Waals surface area contributed by atoms with E-state index in [0.717, 1.165) is 11.3 Å². The van der Waals surface area contributed by atoms with Crippen LogP contribution in [0.15, 0.2) is 59.8 Å². The number of carbonyl (C=O) groups is 1. The van der Waals surface area contributed by atoms with Gasteiger partial charge in [0.25, 0.3) is 0 Å². The summed E-state index contributed by atoms with van der Waals surface area (Å²) in [5.74, 6) is 7.19. The van der Waals surface area contributed by atoms with Gasteiger partial charge in [-0.3, -0.25) is 9.89 Å². The van der Waals surface area contributed by atoms with Crippen molar-refractivity contribution in [1.82, 2.24) is 25.1 Å². The Morgan fingerprint density at radius 1 is 1.19 bits per heavy atom. The Kier molecular flexibility index (Phi) is 5.89. The van der Waals surface area contributed by atoms with Crippen LogP contribution in [0.3, 0.4) is 0 Å². The number of rotatable bonds is 7. The van der Waals surface area contributed by atoms with Gasteiger partial charge in [0.15, 0.2) is 0 Å². The third kappa shape index (κ3) is 4.69. The summed E-state index contributed by atoms with van der Waals surface area (Å²) in [4.78, 5) is 12.3. The Morgan fingerprint density at radius 2 is 2.00 bits per heavy atom. The largest absolute Gasteiger partial charge is 0.497 e. The second-order valence-corrected chi connectivity index (χ2v) is 7.72. The fourth-order valence-corrected chi connectivity index (χ4v) is 3.55. The zero-order valence-corrected chi connectivity index (χ0v) is 17.8. The molecule has 4 rings (SSSR count). The number of carbonyl (C=O) groups excluding carboxylic acids is 1. The number of nitrogen functional groups attached to an aromatic ring is 1. The van der Waals surface area contributed by atoms with E-state index in [2.05, 4.69) is 25.7 Å². The highest BCUT2D eigenvalue weighted by molar-refractivity contribution is 7.99. The van der Waals surface area contributed by atoms with E-state index in [9.17, 15) is 4.79 Å². The van der Waals surface area contributed by atoms with Crippen LogP contribution in [0.25, 0.3) is 22.8 Å². The molecule has 0 unspecified atom stereocenters. The molecule has 0 aliphatic heterocycles. The maximum atomic E-state index is 12.3. The first-order chi connectivity index (χ1) is 15.0. The predicted molar refractivity (Wildman–Crippen MR) is 120 cm³/mol. The molecule has 2 heterocycles. The number of nitrogens with one attached hydrogen (secondary N) is 2. The van der Waals surface area contributed by atoms with Gasteiger partial charge in [-0.25, -0.2) is 4.68 Å². The fourth-order valence-electron chi connectivity index (χ4n) is 2.90. The minimum atomic E-state index is -0.189. The van der Waals surface area contributed by atoms with Crippen molar-refractivity contribution in [3.63, 3.8) is 0 Å². The highest BCUT2D eigenvalue weighted by Crippen LogP contribution is 2.25. The normalized spacial score (nSPS) is 10.8.